The van der Waals surface area contributed by atoms with E-state index >= 15 is 0 Å². The van der Waals surface area contributed by atoms with Crippen LogP contribution in [0.15, 0.2) is 18.3 Å². The second-order valence-corrected chi connectivity index (χ2v) is 4.62. The Bertz CT molecular complexity index is 772. The summed E-state index contributed by atoms with van der Waals surface area (Å²) in [6.45, 7) is 3.25. The first-order chi connectivity index (χ1) is 9.92. The molecule has 0 atom stereocenters. The summed E-state index contributed by atoms with van der Waals surface area (Å²) in [5.41, 5.74) is 7.27. The van der Waals surface area contributed by atoms with E-state index in [4.69, 9.17) is 11.0 Å². The second kappa shape index (κ2) is 5.29. The first kappa shape index (κ1) is 14.6. The van der Waals surface area contributed by atoms with E-state index in [1.807, 2.05) is 6.07 Å². The van der Waals surface area contributed by atoms with Crippen molar-refractivity contribution in [1.82, 2.24) is 4.57 Å². The third kappa shape index (κ3) is 2.23. The molecule has 21 heavy (non-hydrogen) atoms. The van der Waals surface area contributed by atoms with Gasteiger partial charge in [0.25, 0.3) is 0 Å². The molecule has 0 aliphatic carbocycles. The summed E-state index contributed by atoms with van der Waals surface area (Å²) in [6, 6.07) is 5.17. The molecule has 6 heteroatoms. The number of anilines is 1. The molecule has 1 heterocycles. The van der Waals surface area contributed by atoms with Gasteiger partial charge in [0.1, 0.15) is 11.9 Å². The Kier molecular flexibility index (Phi) is 3.68. The molecule has 0 spiro atoms. The van der Waals surface area contributed by atoms with Gasteiger partial charge in [0.05, 0.1) is 24.0 Å². The third-order valence-electron chi connectivity index (χ3n) is 3.35. The van der Waals surface area contributed by atoms with Crippen molar-refractivity contribution in [3.05, 3.63) is 46.5 Å². The molecule has 108 valence electrons. The van der Waals surface area contributed by atoms with Gasteiger partial charge in [-0.3, -0.25) is 0 Å². The highest BCUT2D eigenvalue weighted by atomic mass is 19.1. The van der Waals surface area contributed by atoms with Crippen LogP contribution in [-0.4, -0.2) is 17.6 Å². The van der Waals surface area contributed by atoms with Crippen molar-refractivity contribution >= 4 is 11.7 Å². The quantitative estimate of drug-likeness (QED) is 0.860. The number of rotatable bonds is 2. The number of benzene rings is 1. The normalized spacial score (nSPS) is 10.2. The lowest BCUT2D eigenvalue weighted by Crippen LogP contribution is -2.12. The number of aromatic nitrogens is 1. The molecular weight excluding hydrogens is 273 g/mol. The molecule has 0 saturated heterocycles. The molecule has 5 nitrogen and oxygen atoms in total. The summed E-state index contributed by atoms with van der Waals surface area (Å²) in [6.07, 6.45) is 1.40. The van der Waals surface area contributed by atoms with Gasteiger partial charge < -0.3 is 15.0 Å². The number of nitrogen functional groups attached to an aromatic ring is 1. The molecule has 0 aliphatic heterocycles. The van der Waals surface area contributed by atoms with Crippen molar-refractivity contribution < 1.29 is 13.9 Å². The Morgan fingerprint density at radius 3 is 2.67 bits per heavy atom. The summed E-state index contributed by atoms with van der Waals surface area (Å²) < 4.78 is 20.1. The SMILES string of the molecule is COC(=O)c1c(N)c(C#N)cn1-c1ccc(C)c(F)c1C. The predicted octanol–water partition coefficient (Wildman–Crippen LogP) is 2.47. The number of aryl methyl sites for hydroxylation is 1. The number of nitriles is 1. The number of nitrogens with two attached hydrogens (primary N) is 1. The van der Waals surface area contributed by atoms with E-state index < -0.39 is 5.97 Å². The summed E-state index contributed by atoms with van der Waals surface area (Å²) in [4.78, 5) is 11.9. The molecular formula is C15H14FN3O2. The minimum Gasteiger partial charge on any atom is -0.464 e. The van der Waals surface area contributed by atoms with E-state index in [1.54, 1.807) is 26.0 Å². The van der Waals surface area contributed by atoms with E-state index in [0.29, 0.717) is 16.8 Å². The van der Waals surface area contributed by atoms with E-state index in [0.717, 1.165) is 0 Å². The van der Waals surface area contributed by atoms with E-state index in [9.17, 15) is 9.18 Å². The van der Waals surface area contributed by atoms with Crippen LogP contribution in [0.2, 0.25) is 0 Å². The highest BCUT2D eigenvalue weighted by Gasteiger charge is 2.23. The number of nitrogens with zero attached hydrogens (tertiary/aromatic N) is 2. The van der Waals surface area contributed by atoms with Crippen LogP contribution in [0.4, 0.5) is 10.1 Å². The predicted molar refractivity (Wildman–Crippen MR) is 75.7 cm³/mol. The third-order valence-corrected chi connectivity index (χ3v) is 3.35. The zero-order chi connectivity index (χ0) is 15.7. The summed E-state index contributed by atoms with van der Waals surface area (Å²) >= 11 is 0. The molecule has 0 bridgehead atoms. The largest absolute Gasteiger partial charge is 0.464 e. The van der Waals surface area contributed by atoms with Crippen LogP contribution in [0, 0.1) is 31.0 Å². The number of halogens is 1. The van der Waals surface area contributed by atoms with Gasteiger partial charge in [0.2, 0.25) is 0 Å². The zero-order valence-electron chi connectivity index (χ0n) is 11.9. The smallest absolute Gasteiger partial charge is 0.357 e. The minimum absolute atomic E-state index is 0.0143. The fourth-order valence-corrected chi connectivity index (χ4v) is 2.18. The average molecular weight is 287 g/mol. The number of carbonyl (C=O) groups excluding carboxylic acids is 1. The molecule has 0 unspecified atom stereocenters. The molecule has 0 amide bonds. The van der Waals surface area contributed by atoms with Gasteiger partial charge in [-0.15, -0.1) is 0 Å². The topological polar surface area (TPSA) is 81.0 Å². The lowest BCUT2D eigenvalue weighted by atomic mass is 10.1. The van der Waals surface area contributed by atoms with Crippen molar-refractivity contribution in [2.45, 2.75) is 13.8 Å². The molecule has 0 aliphatic rings. The van der Waals surface area contributed by atoms with Gasteiger partial charge >= 0.3 is 5.97 Å². The molecule has 2 rings (SSSR count). The van der Waals surface area contributed by atoms with Crippen molar-refractivity contribution in [3.63, 3.8) is 0 Å². The van der Waals surface area contributed by atoms with E-state index in [2.05, 4.69) is 4.74 Å². The summed E-state index contributed by atoms with van der Waals surface area (Å²) in [7, 11) is 1.22. The highest BCUT2D eigenvalue weighted by Crippen LogP contribution is 2.28. The van der Waals surface area contributed by atoms with Gasteiger partial charge in [0, 0.05) is 11.8 Å². The fourth-order valence-electron chi connectivity index (χ4n) is 2.18. The molecule has 2 N–H and O–H groups in total. The first-order valence-corrected chi connectivity index (χ1v) is 6.17. The average Bonchev–Trinajstić information content (AvgIpc) is 2.80. The number of esters is 1. The molecule has 0 saturated carbocycles. The highest BCUT2D eigenvalue weighted by molar-refractivity contribution is 5.96. The second-order valence-electron chi connectivity index (χ2n) is 4.62. The van der Waals surface area contributed by atoms with Crippen molar-refractivity contribution in [1.29, 1.82) is 5.26 Å². The Balaban J connectivity index is 2.79. The van der Waals surface area contributed by atoms with Crippen molar-refractivity contribution in [2.24, 2.45) is 0 Å². The fraction of sp³-hybridized carbons (Fsp3) is 0.200. The number of hydrogen-bond acceptors (Lipinski definition) is 4. The van der Waals surface area contributed by atoms with Crippen LogP contribution < -0.4 is 5.73 Å². The van der Waals surface area contributed by atoms with Gasteiger partial charge in [-0.05, 0) is 25.5 Å². The Morgan fingerprint density at radius 1 is 1.43 bits per heavy atom. The van der Waals surface area contributed by atoms with Crippen LogP contribution in [0.25, 0.3) is 5.69 Å². The van der Waals surface area contributed by atoms with Crippen LogP contribution >= 0.6 is 0 Å². The maximum Gasteiger partial charge on any atom is 0.357 e. The Hall–Kier alpha value is -2.81. The van der Waals surface area contributed by atoms with Gasteiger partial charge in [0.15, 0.2) is 5.69 Å². The van der Waals surface area contributed by atoms with Gasteiger partial charge in [-0.1, -0.05) is 6.07 Å². The standard InChI is InChI=1S/C15H14FN3O2/c1-8-4-5-11(9(2)12(8)16)19-7-10(6-17)13(18)14(19)15(20)21-3/h4-5,7H,18H2,1-3H3. The summed E-state index contributed by atoms with van der Waals surface area (Å²) in [5.74, 6) is -1.05. The Morgan fingerprint density at radius 2 is 2.10 bits per heavy atom. The summed E-state index contributed by atoms with van der Waals surface area (Å²) in [5, 5.41) is 9.06. The maximum atomic E-state index is 14.1. The van der Waals surface area contributed by atoms with E-state index in [-0.39, 0.29) is 22.8 Å². The van der Waals surface area contributed by atoms with Gasteiger partial charge in [-0.25, -0.2) is 9.18 Å². The minimum atomic E-state index is -0.686. The Labute approximate surface area is 121 Å². The molecule has 2 aromatic rings. The van der Waals surface area contributed by atoms with E-state index in [1.165, 1.54) is 17.9 Å². The van der Waals surface area contributed by atoms with Crippen molar-refractivity contribution in [3.8, 4) is 11.8 Å². The molecule has 1 aromatic carbocycles. The molecule has 0 radical (unpaired) electrons. The number of carbonyl (C=O) groups is 1. The van der Waals surface area contributed by atoms with Crippen LogP contribution in [0.5, 0.6) is 0 Å². The zero-order valence-corrected chi connectivity index (χ0v) is 11.9. The van der Waals surface area contributed by atoms with Crippen LogP contribution in [0.3, 0.4) is 0 Å². The first-order valence-electron chi connectivity index (χ1n) is 6.17. The molecule has 0 fully saturated rings. The number of ether oxygens (including phenoxy) is 1. The van der Waals surface area contributed by atoms with Crippen LogP contribution in [-0.2, 0) is 4.74 Å². The lowest BCUT2D eigenvalue weighted by Gasteiger charge is -2.13. The number of hydrogen-bond donors (Lipinski definition) is 1. The molecule has 1 aromatic heterocycles. The number of methoxy groups -OCH3 is 1. The lowest BCUT2D eigenvalue weighted by molar-refractivity contribution is 0.0593. The van der Waals surface area contributed by atoms with Crippen molar-refractivity contribution in [2.75, 3.05) is 12.8 Å². The maximum absolute atomic E-state index is 14.1. The van der Waals surface area contributed by atoms with Crippen LogP contribution in [0.1, 0.15) is 27.2 Å². The van der Waals surface area contributed by atoms with Gasteiger partial charge in [-0.2, -0.15) is 5.26 Å². The monoisotopic (exact) mass is 287 g/mol.